The average molecular weight is 448 g/mol. The van der Waals surface area contributed by atoms with Crippen molar-refractivity contribution in [3.05, 3.63) is 59.2 Å². The van der Waals surface area contributed by atoms with Gasteiger partial charge in [0.25, 0.3) is 0 Å². The summed E-state index contributed by atoms with van der Waals surface area (Å²) in [7, 11) is 0. The summed E-state index contributed by atoms with van der Waals surface area (Å²) in [6.07, 6.45) is -3.10. The first-order valence-electron chi connectivity index (χ1n) is 10.4. The van der Waals surface area contributed by atoms with Gasteiger partial charge < -0.3 is 16.0 Å². The van der Waals surface area contributed by atoms with E-state index < -0.39 is 11.7 Å². The van der Waals surface area contributed by atoms with E-state index in [-0.39, 0.29) is 30.2 Å². The summed E-state index contributed by atoms with van der Waals surface area (Å²) in [5.41, 5.74) is 2.18. The first-order chi connectivity index (χ1) is 15.1. The van der Waals surface area contributed by atoms with Crippen LogP contribution in [0.15, 0.2) is 42.5 Å². The molecule has 1 aliphatic heterocycles. The zero-order valence-corrected chi connectivity index (χ0v) is 18.1. The van der Waals surface area contributed by atoms with E-state index >= 15 is 0 Å². The predicted octanol–water partition coefficient (Wildman–Crippen LogP) is 4.55. The van der Waals surface area contributed by atoms with Crippen LogP contribution >= 0.6 is 0 Å². The van der Waals surface area contributed by atoms with E-state index in [1.54, 1.807) is 0 Å². The summed E-state index contributed by atoms with van der Waals surface area (Å²) in [4.78, 5) is 26.4. The van der Waals surface area contributed by atoms with Gasteiger partial charge in [0.2, 0.25) is 5.91 Å². The van der Waals surface area contributed by atoms with Crippen LogP contribution in [0.25, 0.3) is 0 Å². The third-order valence-corrected chi connectivity index (χ3v) is 5.24. The number of likely N-dealkylation sites (tertiary alicyclic amines) is 1. The van der Waals surface area contributed by atoms with Crippen LogP contribution in [0.2, 0.25) is 0 Å². The number of benzene rings is 2. The van der Waals surface area contributed by atoms with Gasteiger partial charge in [-0.1, -0.05) is 12.1 Å². The minimum Gasteiger partial charge on any atom is -0.335 e. The van der Waals surface area contributed by atoms with Crippen LogP contribution in [0, 0.1) is 13.8 Å². The van der Waals surface area contributed by atoms with E-state index in [4.69, 9.17) is 0 Å². The Hall–Kier alpha value is -3.07. The molecule has 1 fully saturated rings. The van der Waals surface area contributed by atoms with Crippen molar-refractivity contribution in [2.45, 2.75) is 38.9 Å². The summed E-state index contributed by atoms with van der Waals surface area (Å²) in [6, 6.07) is 10.1. The summed E-state index contributed by atoms with van der Waals surface area (Å²) in [5.74, 6) is -0.372. The van der Waals surface area contributed by atoms with Crippen molar-refractivity contribution in [3.8, 4) is 0 Å². The Morgan fingerprint density at radius 2 is 1.62 bits per heavy atom. The van der Waals surface area contributed by atoms with Crippen LogP contribution in [0.3, 0.4) is 0 Å². The molecule has 0 radical (unpaired) electrons. The fourth-order valence-corrected chi connectivity index (χ4v) is 3.81. The van der Waals surface area contributed by atoms with Gasteiger partial charge in [-0.25, -0.2) is 4.79 Å². The lowest BCUT2D eigenvalue weighted by molar-refractivity contribution is -0.137. The molecular weight excluding hydrogens is 421 g/mol. The Balaban J connectivity index is 1.42. The van der Waals surface area contributed by atoms with Crippen LogP contribution in [-0.2, 0) is 11.0 Å². The molecule has 2 aromatic rings. The SMILES string of the molecule is Cc1cc(C)cc(NC(=O)NC2CCN(CC(=O)Nc3cccc(C(F)(F)F)c3)CC2)c1. The van der Waals surface area contributed by atoms with Crippen LogP contribution in [-0.4, -0.2) is 42.5 Å². The number of carbonyl (C=O) groups excluding carboxylic acids is 2. The molecule has 1 aliphatic rings. The molecule has 2 aromatic carbocycles. The summed E-state index contributed by atoms with van der Waals surface area (Å²) >= 11 is 0. The van der Waals surface area contributed by atoms with Gasteiger partial charge in [0, 0.05) is 30.5 Å². The van der Waals surface area contributed by atoms with Crippen LogP contribution in [0.5, 0.6) is 0 Å². The molecule has 0 unspecified atom stereocenters. The Labute approximate surface area is 185 Å². The monoisotopic (exact) mass is 448 g/mol. The van der Waals surface area contributed by atoms with E-state index in [2.05, 4.69) is 16.0 Å². The number of anilines is 2. The van der Waals surface area contributed by atoms with Crippen molar-refractivity contribution < 1.29 is 22.8 Å². The van der Waals surface area contributed by atoms with Gasteiger partial charge in [-0.15, -0.1) is 0 Å². The van der Waals surface area contributed by atoms with Crippen LogP contribution in [0.4, 0.5) is 29.3 Å². The van der Waals surface area contributed by atoms with Gasteiger partial charge in [0.15, 0.2) is 0 Å². The van der Waals surface area contributed by atoms with Crippen LogP contribution in [0.1, 0.15) is 29.5 Å². The Kier molecular flexibility index (Phi) is 7.40. The van der Waals surface area contributed by atoms with Crippen molar-refractivity contribution in [1.82, 2.24) is 10.2 Å². The maximum atomic E-state index is 12.8. The van der Waals surface area contributed by atoms with Crippen molar-refractivity contribution in [2.24, 2.45) is 0 Å². The standard InChI is InChI=1S/C23H27F3N4O2/c1-15-10-16(2)12-20(11-15)29-22(32)28-18-6-8-30(9-7-18)14-21(31)27-19-5-3-4-17(13-19)23(24,25)26/h3-5,10-13,18H,6-9,14H2,1-2H3,(H,27,31)(H2,28,29,32). The van der Waals surface area contributed by atoms with Gasteiger partial charge >= 0.3 is 12.2 Å². The molecule has 32 heavy (non-hydrogen) atoms. The van der Waals surface area contributed by atoms with E-state index in [9.17, 15) is 22.8 Å². The predicted molar refractivity (Wildman–Crippen MR) is 118 cm³/mol. The van der Waals surface area contributed by atoms with Gasteiger partial charge in [-0.2, -0.15) is 13.2 Å². The largest absolute Gasteiger partial charge is 0.416 e. The van der Waals surface area contributed by atoms with Gasteiger partial charge in [0.05, 0.1) is 12.1 Å². The number of urea groups is 1. The average Bonchev–Trinajstić information content (AvgIpc) is 2.68. The normalized spacial score (nSPS) is 15.3. The van der Waals surface area contributed by atoms with Gasteiger partial charge in [0.1, 0.15) is 0 Å². The number of halogens is 3. The number of amides is 3. The molecule has 0 bridgehead atoms. The lowest BCUT2D eigenvalue weighted by Crippen LogP contribution is -2.47. The van der Waals surface area contributed by atoms with Crippen molar-refractivity contribution in [2.75, 3.05) is 30.3 Å². The lowest BCUT2D eigenvalue weighted by Gasteiger charge is -2.31. The van der Waals surface area contributed by atoms with E-state index in [1.165, 1.54) is 12.1 Å². The van der Waals surface area contributed by atoms with E-state index in [0.29, 0.717) is 25.9 Å². The summed E-state index contributed by atoms with van der Waals surface area (Å²) in [6.45, 7) is 5.22. The smallest absolute Gasteiger partial charge is 0.335 e. The summed E-state index contributed by atoms with van der Waals surface area (Å²) in [5, 5.41) is 8.33. The highest BCUT2D eigenvalue weighted by Crippen LogP contribution is 2.30. The lowest BCUT2D eigenvalue weighted by atomic mass is 10.1. The topological polar surface area (TPSA) is 73.5 Å². The molecule has 3 rings (SSSR count). The Bertz CT molecular complexity index is 950. The maximum Gasteiger partial charge on any atom is 0.416 e. The van der Waals surface area contributed by atoms with Crippen molar-refractivity contribution >= 4 is 23.3 Å². The number of hydrogen-bond acceptors (Lipinski definition) is 3. The van der Waals surface area contributed by atoms with Gasteiger partial charge in [-0.3, -0.25) is 9.69 Å². The Morgan fingerprint density at radius 1 is 0.969 bits per heavy atom. The third-order valence-electron chi connectivity index (χ3n) is 5.24. The van der Waals surface area contributed by atoms with Crippen LogP contribution < -0.4 is 16.0 Å². The zero-order chi connectivity index (χ0) is 23.3. The first kappa shape index (κ1) is 23.6. The minimum absolute atomic E-state index is 0.0105. The molecule has 9 heteroatoms. The number of alkyl halides is 3. The molecule has 0 aromatic heterocycles. The molecular formula is C23H27F3N4O2. The second-order valence-electron chi connectivity index (χ2n) is 8.15. The number of aryl methyl sites for hydroxylation is 2. The number of nitrogens with zero attached hydrogens (tertiary/aromatic N) is 1. The maximum absolute atomic E-state index is 12.8. The quantitative estimate of drug-likeness (QED) is 0.629. The molecule has 3 amide bonds. The molecule has 0 aliphatic carbocycles. The number of piperidine rings is 1. The molecule has 0 atom stereocenters. The second-order valence-corrected chi connectivity index (χ2v) is 8.15. The minimum atomic E-state index is -4.46. The van der Waals surface area contributed by atoms with E-state index in [0.717, 1.165) is 28.9 Å². The molecule has 3 N–H and O–H groups in total. The molecule has 6 nitrogen and oxygen atoms in total. The molecule has 0 spiro atoms. The van der Waals surface area contributed by atoms with E-state index in [1.807, 2.05) is 36.9 Å². The summed E-state index contributed by atoms with van der Waals surface area (Å²) < 4.78 is 38.4. The highest BCUT2D eigenvalue weighted by atomic mass is 19.4. The van der Waals surface area contributed by atoms with Crippen molar-refractivity contribution in [3.63, 3.8) is 0 Å². The Morgan fingerprint density at radius 3 is 2.25 bits per heavy atom. The third kappa shape index (κ3) is 6.98. The fourth-order valence-electron chi connectivity index (χ4n) is 3.81. The van der Waals surface area contributed by atoms with Crippen molar-refractivity contribution in [1.29, 1.82) is 0 Å². The first-order valence-corrected chi connectivity index (χ1v) is 10.4. The number of rotatable bonds is 5. The molecule has 172 valence electrons. The number of hydrogen-bond donors (Lipinski definition) is 3. The highest BCUT2D eigenvalue weighted by Gasteiger charge is 2.30. The molecule has 1 heterocycles. The highest BCUT2D eigenvalue weighted by molar-refractivity contribution is 5.92. The van der Waals surface area contributed by atoms with Gasteiger partial charge in [-0.05, 0) is 68.1 Å². The second kappa shape index (κ2) is 10.0. The molecule has 0 saturated carbocycles. The molecule has 1 saturated heterocycles. The number of nitrogens with one attached hydrogen (secondary N) is 3. The zero-order valence-electron chi connectivity index (χ0n) is 18.1. The fraction of sp³-hybridized carbons (Fsp3) is 0.391. The number of carbonyl (C=O) groups is 2.